The highest BCUT2D eigenvalue weighted by Crippen LogP contribution is 2.58. The van der Waals surface area contributed by atoms with Crippen molar-refractivity contribution < 1.29 is 85.2 Å². The molecule has 19 heteroatoms. The highest BCUT2D eigenvalue weighted by atomic mass is 19.4. The first-order valence-corrected chi connectivity index (χ1v) is 11.2. The van der Waals surface area contributed by atoms with Gasteiger partial charge in [-0.05, 0) is 26.7 Å². The summed E-state index contributed by atoms with van der Waals surface area (Å²) in [4.78, 5) is 0. The summed E-state index contributed by atoms with van der Waals surface area (Å²) in [6.45, 7) is -0.917. The van der Waals surface area contributed by atoms with Crippen LogP contribution < -0.4 is 0 Å². The van der Waals surface area contributed by atoms with E-state index >= 15 is 0 Å². The predicted molar refractivity (Wildman–Crippen MR) is 99.6 cm³/mol. The van der Waals surface area contributed by atoms with Crippen LogP contribution in [0.25, 0.3) is 0 Å². The van der Waals surface area contributed by atoms with Crippen LogP contribution in [0.5, 0.6) is 0 Å². The maximum absolute atomic E-state index is 14.7. The van der Waals surface area contributed by atoms with Gasteiger partial charge in [-0.3, -0.25) is 0 Å². The summed E-state index contributed by atoms with van der Waals surface area (Å²) in [5.74, 6) is -5.87. The van der Waals surface area contributed by atoms with Gasteiger partial charge in [-0.25, -0.2) is 8.78 Å². The van der Waals surface area contributed by atoms with E-state index in [2.05, 4.69) is 14.2 Å². The zero-order valence-corrected chi connectivity index (χ0v) is 20.1. The molecule has 0 aliphatic carbocycles. The number of halogens is 14. The molecule has 0 saturated carbocycles. The Morgan fingerprint density at radius 3 is 1.54 bits per heavy atom. The van der Waals surface area contributed by atoms with Crippen LogP contribution in [0.2, 0.25) is 0 Å². The molecule has 0 radical (unpaired) electrons. The van der Waals surface area contributed by atoms with Gasteiger partial charge in [0, 0.05) is 12.8 Å². The zero-order valence-electron chi connectivity index (χ0n) is 20.1. The fourth-order valence-corrected chi connectivity index (χ4v) is 4.30. The van der Waals surface area contributed by atoms with Crippen LogP contribution in [0.4, 0.5) is 61.5 Å². The van der Waals surface area contributed by atoms with Crippen LogP contribution >= 0.6 is 0 Å². The molecule has 0 aromatic heterocycles. The molecule has 0 aromatic carbocycles. The normalized spacial score (nSPS) is 29.8. The smallest absolute Gasteiger partial charge is 0.377 e. The van der Waals surface area contributed by atoms with Gasteiger partial charge in [0.25, 0.3) is 0 Å². The van der Waals surface area contributed by atoms with E-state index in [4.69, 9.17) is 9.47 Å². The van der Waals surface area contributed by atoms with Crippen molar-refractivity contribution >= 4 is 0 Å². The van der Waals surface area contributed by atoms with E-state index in [0.717, 1.165) is 13.8 Å². The van der Waals surface area contributed by atoms with Gasteiger partial charge in [-0.2, -0.15) is 52.7 Å². The number of alkyl halides is 14. The predicted octanol–water partition coefficient (Wildman–Crippen LogP) is 6.49. The average Bonchev–Trinajstić information content (AvgIpc) is 3.32. The maximum atomic E-state index is 14.7. The van der Waals surface area contributed by atoms with E-state index in [1.165, 1.54) is 0 Å². The van der Waals surface area contributed by atoms with Crippen molar-refractivity contribution in [2.75, 3.05) is 26.4 Å². The highest BCUT2D eigenvalue weighted by Gasteiger charge is 2.84. The molecule has 232 valence electrons. The van der Waals surface area contributed by atoms with Gasteiger partial charge >= 0.3 is 36.0 Å². The second-order valence-corrected chi connectivity index (χ2v) is 9.17. The first-order chi connectivity index (χ1) is 17.4. The Labute approximate surface area is 212 Å². The Morgan fingerprint density at radius 2 is 1.13 bits per heavy atom. The fourth-order valence-electron chi connectivity index (χ4n) is 4.30. The quantitative estimate of drug-likeness (QED) is 0.209. The summed E-state index contributed by atoms with van der Waals surface area (Å²) in [6, 6.07) is 0. The van der Waals surface area contributed by atoms with E-state index in [0.29, 0.717) is 0 Å². The molecule has 4 unspecified atom stereocenters. The minimum absolute atomic E-state index is 0.394. The summed E-state index contributed by atoms with van der Waals surface area (Å²) in [5.41, 5.74) is -11.6. The molecule has 39 heavy (non-hydrogen) atoms. The van der Waals surface area contributed by atoms with Crippen molar-refractivity contribution in [1.82, 2.24) is 0 Å². The van der Waals surface area contributed by atoms with Crippen LogP contribution in [0.15, 0.2) is 0 Å². The lowest BCUT2D eigenvalue weighted by molar-refractivity contribution is -0.437. The lowest BCUT2D eigenvalue weighted by atomic mass is 9.90. The summed E-state index contributed by atoms with van der Waals surface area (Å²) in [7, 11) is 0. The lowest BCUT2D eigenvalue weighted by Gasteiger charge is -2.43. The van der Waals surface area contributed by atoms with E-state index in [1.807, 2.05) is 0 Å². The van der Waals surface area contributed by atoms with Gasteiger partial charge in [-0.1, -0.05) is 0 Å². The highest BCUT2D eigenvalue weighted by molar-refractivity contribution is 5.09. The number of hydrogen-bond donors (Lipinski definition) is 0. The van der Waals surface area contributed by atoms with E-state index in [9.17, 15) is 61.5 Å². The molecule has 2 fully saturated rings. The van der Waals surface area contributed by atoms with Crippen molar-refractivity contribution in [3.05, 3.63) is 0 Å². The molecule has 2 rings (SSSR count). The minimum Gasteiger partial charge on any atom is -0.377 e. The third kappa shape index (κ3) is 6.35. The Bertz CT molecular complexity index is 798. The second-order valence-electron chi connectivity index (χ2n) is 9.17. The minimum atomic E-state index is -6.46. The van der Waals surface area contributed by atoms with Crippen LogP contribution in [0.3, 0.4) is 0 Å². The molecule has 0 N–H and O–H groups in total. The third-order valence-electron chi connectivity index (χ3n) is 6.30. The first kappa shape index (κ1) is 34.0. The van der Waals surface area contributed by atoms with E-state index in [1.54, 1.807) is 0 Å². The van der Waals surface area contributed by atoms with Crippen LogP contribution in [-0.4, -0.2) is 86.3 Å². The molecule has 2 aliphatic heterocycles. The fraction of sp³-hybridized carbons (Fsp3) is 1.00. The van der Waals surface area contributed by atoms with Gasteiger partial charge in [0.05, 0.1) is 32.5 Å². The average molecular weight is 610 g/mol. The SMILES string of the molecule is CC1CCC(OCCOCCOC2(C)CCC(C(F)(C(F)(F)F)C(F)(F)F)O2)(C(F)(C(F)(F)F)C(F)(F)F)O1. The molecule has 2 aliphatic rings. The third-order valence-corrected chi connectivity index (χ3v) is 6.30. The van der Waals surface area contributed by atoms with E-state index < -0.39 is 112 Å². The topological polar surface area (TPSA) is 46.2 Å². The Balaban J connectivity index is 1.92. The maximum Gasteiger partial charge on any atom is 0.437 e. The first-order valence-electron chi connectivity index (χ1n) is 11.2. The number of ether oxygens (including phenoxy) is 5. The monoisotopic (exact) mass is 610 g/mol. The van der Waals surface area contributed by atoms with Gasteiger partial charge in [0.1, 0.15) is 6.10 Å². The molecule has 0 amide bonds. The van der Waals surface area contributed by atoms with Crippen molar-refractivity contribution in [1.29, 1.82) is 0 Å². The van der Waals surface area contributed by atoms with Crippen molar-refractivity contribution in [3.8, 4) is 0 Å². The lowest BCUT2D eigenvalue weighted by Crippen LogP contribution is -2.69. The molecular weight excluding hydrogens is 586 g/mol. The second kappa shape index (κ2) is 10.9. The van der Waals surface area contributed by atoms with E-state index in [-0.39, 0.29) is 0 Å². The molecule has 0 spiro atoms. The summed E-state index contributed by atoms with van der Waals surface area (Å²) >= 11 is 0. The molecule has 4 atom stereocenters. The largest absolute Gasteiger partial charge is 0.437 e. The molecule has 5 nitrogen and oxygen atoms in total. The zero-order chi connectivity index (χ0) is 30.3. The summed E-state index contributed by atoms with van der Waals surface area (Å²) in [6.07, 6.45) is -32.9. The van der Waals surface area contributed by atoms with Gasteiger partial charge < -0.3 is 23.7 Å². The Kier molecular flexibility index (Phi) is 9.51. The van der Waals surface area contributed by atoms with Crippen molar-refractivity contribution in [2.45, 2.75) is 99.4 Å². The van der Waals surface area contributed by atoms with Crippen molar-refractivity contribution in [2.24, 2.45) is 0 Å². The Hall–Kier alpha value is -1.18. The molecule has 2 heterocycles. The van der Waals surface area contributed by atoms with Crippen LogP contribution in [0, 0.1) is 0 Å². The van der Waals surface area contributed by atoms with Gasteiger partial charge in [0.15, 0.2) is 5.79 Å². The molecule has 2 saturated heterocycles. The van der Waals surface area contributed by atoms with Crippen LogP contribution in [0.1, 0.15) is 39.5 Å². The standard InChI is InChI=1S/C20H24F14O5/c1-11-3-6-14(38-11,16(22,19(29,30)31)20(32,33)34)37-10-8-35-7-9-36-13(2)5-4-12(39-13)15(21,17(23,24)25)18(26,27)28/h11-12H,3-10H2,1-2H3. The van der Waals surface area contributed by atoms with Crippen molar-refractivity contribution in [3.63, 3.8) is 0 Å². The number of rotatable bonds is 10. The summed E-state index contributed by atoms with van der Waals surface area (Å²) in [5, 5.41) is 0. The van der Waals surface area contributed by atoms with Gasteiger partial charge in [-0.15, -0.1) is 0 Å². The van der Waals surface area contributed by atoms with Crippen LogP contribution in [-0.2, 0) is 23.7 Å². The molecule has 0 bridgehead atoms. The molecular formula is C20H24F14O5. The Morgan fingerprint density at radius 1 is 0.641 bits per heavy atom. The summed E-state index contributed by atoms with van der Waals surface area (Å²) < 4.78 is 209. The number of hydrogen-bond acceptors (Lipinski definition) is 5. The molecule has 0 aromatic rings. The van der Waals surface area contributed by atoms with Gasteiger partial charge in [0.2, 0.25) is 5.79 Å².